The van der Waals surface area contributed by atoms with Crippen LogP contribution >= 0.6 is 11.8 Å². The molecule has 0 unspecified atom stereocenters. The van der Waals surface area contributed by atoms with Gasteiger partial charge in [-0.2, -0.15) is 0 Å². The number of nitrogens with zero attached hydrogens (tertiary/aromatic N) is 1. The van der Waals surface area contributed by atoms with Crippen LogP contribution in [0.3, 0.4) is 0 Å². The lowest BCUT2D eigenvalue weighted by atomic mass is 9.75. The summed E-state index contributed by atoms with van der Waals surface area (Å²) >= 11 is 1.78. The standard InChI is InChI=1S/C49H45NO2S/c1-47(2,3)31-18-22-33(23-19-31)50(34-24-20-32(21-25-34)48(4,5)6)39-28-38-35(46-45(39)36-13-9-10-14-40(36)52-46)26-17-30-27-42-44(29-37(30)49(38,7)8)53-43-16-12-11-15-41(43)51-42/h9-29H,1-8H3. The van der Waals surface area contributed by atoms with Crippen molar-refractivity contribution < 1.29 is 9.15 Å². The molecule has 0 spiro atoms. The molecule has 0 N–H and O–H groups in total. The second-order valence-corrected chi connectivity index (χ2v) is 18.2. The zero-order chi connectivity index (χ0) is 36.9. The van der Waals surface area contributed by atoms with Crippen molar-refractivity contribution in [3.8, 4) is 11.5 Å². The Morgan fingerprint density at radius 2 is 1.23 bits per heavy atom. The first-order chi connectivity index (χ1) is 25.3. The molecule has 0 saturated heterocycles. The van der Waals surface area contributed by atoms with Gasteiger partial charge in [0.15, 0.2) is 0 Å². The lowest BCUT2D eigenvalue weighted by molar-refractivity contribution is 0.453. The first-order valence-corrected chi connectivity index (χ1v) is 19.4. The van der Waals surface area contributed by atoms with Gasteiger partial charge in [0.05, 0.1) is 20.9 Å². The number of fused-ring (bicyclic) bond motifs is 8. The third-order valence-electron chi connectivity index (χ3n) is 11.1. The monoisotopic (exact) mass is 711 g/mol. The number of hydrogen-bond acceptors (Lipinski definition) is 4. The minimum atomic E-state index is -0.375. The molecule has 0 radical (unpaired) electrons. The number of rotatable bonds is 3. The zero-order valence-corrected chi connectivity index (χ0v) is 32.6. The maximum absolute atomic E-state index is 6.92. The van der Waals surface area contributed by atoms with Gasteiger partial charge in [-0.1, -0.05) is 134 Å². The molecule has 0 bridgehead atoms. The summed E-state index contributed by atoms with van der Waals surface area (Å²) < 4.78 is 13.4. The highest BCUT2D eigenvalue weighted by atomic mass is 32.2. The fourth-order valence-corrected chi connectivity index (χ4v) is 8.97. The molecule has 9 rings (SSSR count). The van der Waals surface area contributed by atoms with Gasteiger partial charge < -0.3 is 14.1 Å². The summed E-state index contributed by atoms with van der Waals surface area (Å²) in [6, 6.07) is 42.0. The van der Waals surface area contributed by atoms with E-state index in [1.54, 1.807) is 11.8 Å². The third kappa shape index (κ3) is 5.58. The minimum Gasteiger partial charge on any atom is -0.455 e. The largest absolute Gasteiger partial charge is 0.455 e. The van der Waals surface area contributed by atoms with E-state index in [-0.39, 0.29) is 16.2 Å². The number of anilines is 3. The van der Waals surface area contributed by atoms with Crippen LogP contribution in [0, 0.1) is 0 Å². The fourth-order valence-electron chi connectivity index (χ4n) is 7.99. The summed E-state index contributed by atoms with van der Waals surface area (Å²) in [6.45, 7) is 18.3. The van der Waals surface area contributed by atoms with E-state index in [1.165, 1.54) is 22.3 Å². The van der Waals surface area contributed by atoms with Gasteiger partial charge in [-0.15, -0.1) is 0 Å². The number of ether oxygens (including phenoxy) is 1. The second-order valence-electron chi connectivity index (χ2n) is 17.1. The molecular formula is C49H45NO2S. The van der Waals surface area contributed by atoms with E-state index in [1.807, 2.05) is 12.1 Å². The van der Waals surface area contributed by atoms with E-state index in [0.717, 1.165) is 71.4 Å². The molecule has 7 aromatic rings. The van der Waals surface area contributed by atoms with Gasteiger partial charge in [0, 0.05) is 27.7 Å². The van der Waals surface area contributed by atoms with E-state index in [4.69, 9.17) is 9.15 Å². The Balaban J connectivity index is 1.31. The number of hydrogen-bond donors (Lipinski definition) is 0. The fraction of sp³-hybridized carbons (Fsp3) is 0.224. The molecule has 1 aliphatic carbocycles. The molecule has 2 aliphatic rings. The van der Waals surface area contributed by atoms with Crippen molar-refractivity contribution >= 4 is 62.9 Å². The molecule has 0 amide bonds. The molecular weight excluding hydrogens is 667 g/mol. The van der Waals surface area contributed by atoms with Gasteiger partial charge in [-0.3, -0.25) is 0 Å². The van der Waals surface area contributed by atoms with E-state index in [2.05, 4.69) is 176 Å². The average molecular weight is 712 g/mol. The Kier molecular flexibility index (Phi) is 7.56. The predicted molar refractivity (Wildman–Crippen MR) is 224 cm³/mol. The van der Waals surface area contributed by atoms with Crippen molar-refractivity contribution in [3.63, 3.8) is 0 Å². The van der Waals surface area contributed by atoms with Crippen LogP contribution in [0.5, 0.6) is 11.5 Å². The van der Waals surface area contributed by atoms with Crippen molar-refractivity contribution in [2.24, 2.45) is 0 Å². The molecule has 0 atom stereocenters. The van der Waals surface area contributed by atoms with E-state index >= 15 is 0 Å². The highest BCUT2D eigenvalue weighted by molar-refractivity contribution is 7.99. The van der Waals surface area contributed by atoms with Crippen LogP contribution in [0.15, 0.2) is 129 Å². The number of furan rings is 1. The first-order valence-electron chi connectivity index (χ1n) is 18.6. The van der Waals surface area contributed by atoms with Gasteiger partial charge in [-0.05, 0) is 99.3 Å². The Bertz CT molecular complexity index is 2540. The Hall–Kier alpha value is -5.19. The molecule has 6 aromatic carbocycles. The minimum absolute atomic E-state index is 0.0458. The summed E-state index contributed by atoms with van der Waals surface area (Å²) in [7, 11) is 0. The quantitative estimate of drug-likeness (QED) is 0.182. The maximum Gasteiger partial charge on any atom is 0.145 e. The predicted octanol–water partition coefficient (Wildman–Crippen LogP) is 14.7. The van der Waals surface area contributed by atoms with Crippen molar-refractivity contribution in [2.75, 3.05) is 4.90 Å². The molecule has 53 heavy (non-hydrogen) atoms. The average Bonchev–Trinajstić information content (AvgIpc) is 3.48. The summed E-state index contributed by atoms with van der Waals surface area (Å²) in [5, 5.41) is 2.22. The maximum atomic E-state index is 6.92. The Morgan fingerprint density at radius 3 is 1.89 bits per heavy atom. The van der Waals surface area contributed by atoms with Crippen LogP contribution < -0.4 is 9.64 Å². The molecule has 0 saturated carbocycles. The van der Waals surface area contributed by atoms with Crippen LogP contribution in [0.25, 0.3) is 34.1 Å². The second kappa shape index (κ2) is 11.9. The molecule has 264 valence electrons. The lowest BCUT2D eigenvalue weighted by Crippen LogP contribution is -2.22. The van der Waals surface area contributed by atoms with Crippen molar-refractivity contribution in [3.05, 3.63) is 149 Å². The molecule has 0 fully saturated rings. The van der Waals surface area contributed by atoms with Crippen LogP contribution in [0.4, 0.5) is 17.1 Å². The van der Waals surface area contributed by atoms with Gasteiger partial charge in [-0.25, -0.2) is 0 Å². The van der Waals surface area contributed by atoms with Crippen molar-refractivity contribution in [1.82, 2.24) is 0 Å². The van der Waals surface area contributed by atoms with Crippen LogP contribution in [0.1, 0.15) is 88.8 Å². The van der Waals surface area contributed by atoms with Crippen LogP contribution in [-0.4, -0.2) is 0 Å². The highest BCUT2D eigenvalue weighted by Gasteiger charge is 2.35. The molecule has 1 aromatic heterocycles. The summed E-state index contributed by atoms with van der Waals surface area (Å²) in [6.07, 6.45) is 4.51. The normalized spacial score (nSPS) is 14.6. The van der Waals surface area contributed by atoms with E-state index in [0.29, 0.717) is 0 Å². The summed E-state index contributed by atoms with van der Waals surface area (Å²) in [5.41, 5.74) is 12.2. The topological polar surface area (TPSA) is 25.6 Å². The van der Waals surface area contributed by atoms with Gasteiger partial charge in [0.1, 0.15) is 22.7 Å². The van der Waals surface area contributed by atoms with Gasteiger partial charge >= 0.3 is 0 Å². The molecule has 3 nitrogen and oxygen atoms in total. The molecule has 2 heterocycles. The lowest BCUT2D eigenvalue weighted by Gasteiger charge is -2.33. The van der Waals surface area contributed by atoms with Gasteiger partial charge in [0.25, 0.3) is 0 Å². The first kappa shape index (κ1) is 33.6. The summed E-state index contributed by atoms with van der Waals surface area (Å²) in [4.78, 5) is 4.71. The van der Waals surface area contributed by atoms with Crippen molar-refractivity contribution in [2.45, 2.75) is 81.4 Å². The molecule has 1 aliphatic heterocycles. The Morgan fingerprint density at radius 1 is 0.604 bits per heavy atom. The zero-order valence-electron chi connectivity index (χ0n) is 31.8. The SMILES string of the molecule is CC(C)(C)c1ccc(N(c2ccc(C(C)(C)C)cc2)c2cc3c(c4oc5ccccc5c24)C=Cc2cc4c(cc2C3(C)C)Sc2ccccc2O4)cc1. The van der Waals surface area contributed by atoms with Crippen LogP contribution in [-0.2, 0) is 16.2 Å². The van der Waals surface area contributed by atoms with E-state index in [9.17, 15) is 0 Å². The summed E-state index contributed by atoms with van der Waals surface area (Å²) in [5.74, 6) is 1.81. The Labute approximate surface area is 317 Å². The number of para-hydroxylation sites is 2. The van der Waals surface area contributed by atoms with Crippen LogP contribution in [0.2, 0.25) is 0 Å². The third-order valence-corrected chi connectivity index (χ3v) is 12.2. The smallest absolute Gasteiger partial charge is 0.145 e. The highest BCUT2D eigenvalue weighted by Crippen LogP contribution is 2.53. The van der Waals surface area contributed by atoms with Crippen molar-refractivity contribution in [1.29, 1.82) is 0 Å². The van der Waals surface area contributed by atoms with E-state index < -0.39 is 0 Å². The molecule has 4 heteroatoms. The number of benzene rings is 6. The van der Waals surface area contributed by atoms with Gasteiger partial charge in [0.2, 0.25) is 0 Å².